The van der Waals surface area contributed by atoms with Gasteiger partial charge >= 0.3 is 0 Å². The van der Waals surface area contributed by atoms with Crippen molar-refractivity contribution in [3.05, 3.63) is 73.3 Å². The van der Waals surface area contributed by atoms with E-state index in [1.165, 1.54) is 10.4 Å². The van der Waals surface area contributed by atoms with Crippen molar-refractivity contribution in [1.29, 1.82) is 0 Å². The minimum Gasteiger partial charge on any atom is -0.404 e. The number of benzene rings is 2. The lowest BCUT2D eigenvalue weighted by Crippen LogP contribution is -2.69. The summed E-state index contributed by atoms with van der Waals surface area (Å²) in [5.74, 6) is 0.310. The van der Waals surface area contributed by atoms with Crippen LogP contribution in [0.15, 0.2) is 73.3 Å². The number of carbonyl (C=O) groups is 1. The summed E-state index contributed by atoms with van der Waals surface area (Å²) in [7, 11) is -2.62. The van der Waals surface area contributed by atoms with Gasteiger partial charge in [0.2, 0.25) is 0 Å². The third-order valence-electron chi connectivity index (χ3n) is 6.20. The molecule has 1 saturated carbocycles. The SMILES string of the molecule is C=C[C@]1(C)CC(=O)CC[C@H]1O[Si](c1ccccc1)(c1ccccc1)C(C)(C)C. The molecule has 148 valence electrons. The zero-order valence-corrected chi connectivity index (χ0v) is 18.6. The zero-order valence-electron chi connectivity index (χ0n) is 17.6. The van der Waals surface area contributed by atoms with Crippen LogP contribution in [0, 0.1) is 5.41 Å². The first-order valence-electron chi connectivity index (χ1n) is 10.2. The van der Waals surface area contributed by atoms with Crippen LogP contribution in [0.2, 0.25) is 5.04 Å². The molecule has 0 saturated heterocycles. The van der Waals surface area contributed by atoms with Gasteiger partial charge in [-0.05, 0) is 21.8 Å². The van der Waals surface area contributed by atoms with Gasteiger partial charge in [-0.25, -0.2) is 0 Å². The lowest BCUT2D eigenvalue weighted by atomic mass is 9.73. The quantitative estimate of drug-likeness (QED) is 0.536. The zero-order chi connectivity index (χ0) is 20.4. The van der Waals surface area contributed by atoms with Crippen LogP contribution in [0.25, 0.3) is 0 Å². The molecule has 2 nitrogen and oxygen atoms in total. The van der Waals surface area contributed by atoms with Gasteiger partial charge in [0.05, 0.1) is 6.10 Å². The Morgan fingerprint density at radius 1 is 1.04 bits per heavy atom. The maximum Gasteiger partial charge on any atom is 0.261 e. The summed E-state index contributed by atoms with van der Waals surface area (Å²) in [5, 5.41) is 2.48. The Hall–Kier alpha value is -1.97. The van der Waals surface area contributed by atoms with E-state index >= 15 is 0 Å². The summed E-state index contributed by atoms with van der Waals surface area (Å²) >= 11 is 0. The number of hydrogen-bond acceptors (Lipinski definition) is 2. The topological polar surface area (TPSA) is 26.3 Å². The maximum atomic E-state index is 12.2. The minimum absolute atomic E-state index is 0.0194. The van der Waals surface area contributed by atoms with Crippen LogP contribution in [0.1, 0.15) is 47.0 Å². The summed E-state index contributed by atoms with van der Waals surface area (Å²) in [6, 6.07) is 21.4. The van der Waals surface area contributed by atoms with E-state index in [-0.39, 0.29) is 16.6 Å². The first-order chi connectivity index (χ1) is 13.2. The van der Waals surface area contributed by atoms with Gasteiger partial charge in [-0.3, -0.25) is 4.79 Å². The van der Waals surface area contributed by atoms with Crippen molar-refractivity contribution in [1.82, 2.24) is 0 Å². The molecule has 1 fully saturated rings. The molecule has 1 aliphatic rings. The van der Waals surface area contributed by atoms with Crippen LogP contribution in [-0.2, 0) is 9.22 Å². The molecule has 3 heteroatoms. The van der Waals surface area contributed by atoms with Crippen LogP contribution >= 0.6 is 0 Å². The van der Waals surface area contributed by atoms with Gasteiger partial charge in [-0.2, -0.15) is 0 Å². The second-order valence-corrected chi connectivity index (χ2v) is 13.5. The van der Waals surface area contributed by atoms with E-state index in [9.17, 15) is 4.79 Å². The summed E-state index contributed by atoms with van der Waals surface area (Å²) in [6.07, 6.45) is 3.78. The Balaban J connectivity index is 2.19. The van der Waals surface area contributed by atoms with Crippen molar-refractivity contribution in [2.45, 2.75) is 58.1 Å². The molecule has 2 aromatic carbocycles. The second kappa shape index (κ2) is 7.80. The van der Waals surface area contributed by atoms with E-state index in [4.69, 9.17) is 4.43 Å². The summed E-state index contributed by atoms with van der Waals surface area (Å²) in [5.41, 5.74) is -0.331. The fraction of sp³-hybridized carbons (Fsp3) is 0.400. The summed E-state index contributed by atoms with van der Waals surface area (Å²) in [6.45, 7) is 13.1. The average molecular weight is 393 g/mol. The molecule has 2 atom stereocenters. The van der Waals surface area contributed by atoms with E-state index in [0.717, 1.165) is 6.42 Å². The first kappa shape index (κ1) is 20.8. The van der Waals surface area contributed by atoms with Gasteiger partial charge in [0.25, 0.3) is 8.32 Å². The normalized spacial score (nSPS) is 23.4. The van der Waals surface area contributed by atoms with Gasteiger partial charge in [0.15, 0.2) is 0 Å². The smallest absolute Gasteiger partial charge is 0.261 e. The molecule has 0 heterocycles. The third kappa shape index (κ3) is 3.66. The standard InChI is InChI=1S/C25H32O2Si/c1-6-25(5)19-20(26)17-18-23(25)27-28(24(2,3)4,21-13-9-7-10-14-21)22-15-11-8-12-16-22/h6-16,23H,1,17-19H2,2-5H3/t23-,25-/m1/s1. The van der Waals surface area contributed by atoms with Crippen molar-refractivity contribution >= 4 is 24.5 Å². The lowest BCUT2D eigenvalue weighted by molar-refractivity contribution is -0.125. The minimum atomic E-state index is -2.62. The number of rotatable bonds is 5. The number of Topliss-reactive ketones (excluding diaryl/α,β-unsaturated/α-hetero) is 1. The van der Waals surface area contributed by atoms with Gasteiger partial charge in [0, 0.05) is 18.3 Å². The Kier molecular flexibility index (Phi) is 5.78. The predicted molar refractivity (Wildman–Crippen MR) is 120 cm³/mol. The highest BCUT2D eigenvalue weighted by Crippen LogP contribution is 2.44. The number of ketones is 1. The fourth-order valence-electron chi connectivity index (χ4n) is 4.55. The van der Waals surface area contributed by atoms with Gasteiger partial charge in [-0.15, -0.1) is 6.58 Å². The van der Waals surface area contributed by atoms with Crippen LogP contribution in [0.3, 0.4) is 0 Å². The molecule has 0 amide bonds. The summed E-state index contributed by atoms with van der Waals surface area (Å²) in [4.78, 5) is 12.2. The van der Waals surface area contributed by atoms with Gasteiger partial charge in [-0.1, -0.05) is 94.4 Å². The Morgan fingerprint density at radius 3 is 1.96 bits per heavy atom. The highest BCUT2D eigenvalue weighted by atomic mass is 28.4. The first-order valence-corrected chi connectivity index (χ1v) is 12.1. The Labute approximate surface area is 170 Å². The molecule has 2 aromatic rings. The lowest BCUT2D eigenvalue weighted by Gasteiger charge is -2.49. The largest absolute Gasteiger partial charge is 0.404 e. The van der Waals surface area contributed by atoms with Crippen molar-refractivity contribution in [2.24, 2.45) is 5.41 Å². The van der Waals surface area contributed by atoms with E-state index in [1.54, 1.807) is 0 Å². The molecule has 0 bridgehead atoms. The molecule has 0 N–H and O–H groups in total. The molecule has 1 aliphatic carbocycles. The van der Waals surface area contributed by atoms with Crippen molar-refractivity contribution in [3.8, 4) is 0 Å². The fourth-order valence-corrected chi connectivity index (χ4v) is 9.38. The number of hydrogen-bond donors (Lipinski definition) is 0. The molecule has 0 aromatic heterocycles. The third-order valence-corrected chi connectivity index (χ3v) is 11.2. The van der Waals surface area contributed by atoms with Crippen molar-refractivity contribution in [3.63, 3.8) is 0 Å². The highest BCUT2D eigenvalue weighted by Gasteiger charge is 2.53. The van der Waals surface area contributed by atoms with Crippen molar-refractivity contribution < 1.29 is 9.22 Å². The van der Waals surface area contributed by atoms with Gasteiger partial charge in [0.1, 0.15) is 5.78 Å². The second-order valence-electron chi connectivity index (χ2n) is 9.23. The predicted octanol–water partition coefficient (Wildman–Crippen LogP) is 4.88. The molecule has 0 aliphatic heterocycles. The van der Waals surface area contributed by atoms with E-state index in [2.05, 4.69) is 94.9 Å². The molecule has 0 spiro atoms. The molecular formula is C25H32O2Si. The van der Waals surface area contributed by atoms with Crippen LogP contribution in [0.4, 0.5) is 0 Å². The molecule has 0 unspecified atom stereocenters. The molecule has 28 heavy (non-hydrogen) atoms. The Bertz CT molecular complexity index is 783. The van der Waals surface area contributed by atoms with Crippen LogP contribution in [0.5, 0.6) is 0 Å². The monoisotopic (exact) mass is 392 g/mol. The highest BCUT2D eigenvalue weighted by molar-refractivity contribution is 6.99. The van der Waals surface area contributed by atoms with E-state index in [1.807, 2.05) is 6.08 Å². The molecule has 0 radical (unpaired) electrons. The maximum absolute atomic E-state index is 12.2. The van der Waals surface area contributed by atoms with Crippen molar-refractivity contribution in [2.75, 3.05) is 0 Å². The van der Waals surface area contributed by atoms with E-state index in [0.29, 0.717) is 18.6 Å². The molecule has 3 rings (SSSR count). The molecular weight excluding hydrogens is 360 g/mol. The van der Waals surface area contributed by atoms with Gasteiger partial charge < -0.3 is 4.43 Å². The number of carbonyl (C=O) groups excluding carboxylic acids is 1. The summed E-state index contributed by atoms with van der Waals surface area (Å²) < 4.78 is 7.29. The Morgan fingerprint density at radius 2 is 1.54 bits per heavy atom. The van der Waals surface area contributed by atoms with E-state index < -0.39 is 8.32 Å². The van der Waals surface area contributed by atoms with Crippen LogP contribution < -0.4 is 10.4 Å². The van der Waals surface area contributed by atoms with Crippen LogP contribution in [-0.4, -0.2) is 20.2 Å². The average Bonchev–Trinajstić information content (AvgIpc) is 2.68.